The van der Waals surface area contributed by atoms with Gasteiger partial charge in [-0.1, -0.05) is 6.07 Å². The van der Waals surface area contributed by atoms with Crippen LogP contribution in [0.25, 0.3) is 0 Å². The van der Waals surface area contributed by atoms with Gasteiger partial charge in [-0.3, -0.25) is 14.4 Å². The van der Waals surface area contributed by atoms with Gasteiger partial charge >= 0.3 is 24.1 Å². The van der Waals surface area contributed by atoms with Crippen LogP contribution in [-0.4, -0.2) is 48.9 Å². The molecular formula is C20H27NO9. The van der Waals surface area contributed by atoms with E-state index in [1.165, 1.54) is 26.0 Å². The number of carbonyl (C=O) groups is 4. The SMILES string of the molecule is CC(=O)Oc1ccc(C[C@H](N)C(=O)OC[C@H](C)OC(=O)OC(C)C)cc1OC(C)=O. The minimum absolute atomic E-state index is 0.0291. The Morgan fingerprint density at radius 2 is 1.53 bits per heavy atom. The molecule has 0 saturated carbocycles. The molecular weight excluding hydrogens is 398 g/mol. The summed E-state index contributed by atoms with van der Waals surface area (Å²) in [5, 5.41) is 0. The second kappa shape index (κ2) is 11.8. The predicted molar refractivity (Wildman–Crippen MR) is 104 cm³/mol. The summed E-state index contributed by atoms with van der Waals surface area (Å²) >= 11 is 0. The first-order valence-corrected chi connectivity index (χ1v) is 9.27. The van der Waals surface area contributed by atoms with E-state index in [0.717, 1.165) is 0 Å². The number of esters is 3. The lowest BCUT2D eigenvalue weighted by atomic mass is 10.1. The summed E-state index contributed by atoms with van der Waals surface area (Å²) in [6, 6.07) is 3.43. The summed E-state index contributed by atoms with van der Waals surface area (Å²) in [6.07, 6.45) is -1.84. The molecule has 1 aromatic carbocycles. The van der Waals surface area contributed by atoms with Crippen LogP contribution in [0.4, 0.5) is 4.79 Å². The van der Waals surface area contributed by atoms with Crippen LogP contribution in [0.2, 0.25) is 0 Å². The summed E-state index contributed by atoms with van der Waals surface area (Å²) in [6.45, 7) is 7.12. The maximum absolute atomic E-state index is 12.1. The fourth-order valence-electron chi connectivity index (χ4n) is 2.22. The molecule has 1 aromatic rings. The molecule has 1 rings (SSSR count). The van der Waals surface area contributed by atoms with Gasteiger partial charge in [-0.05, 0) is 44.9 Å². The molecule has 10 heteroatoms. The van der Waals surface area contributed by atoms with E-state index in [9.17, 15) is 19.2 Å². The van der Waals surface area contributed by atoms with Crippen LogP contribution in [0.3, 0.4) is 0 Å². The van der Waals surface area contributed by atoms with Crippen molar-refractivity contribution < 1.29 is 42.9 Å². The molecule has 2 N–H and O–H groups in total. The molecule has 0 radical (unpaired) electrons. The van der Waals surface area contributed by atoms with Crippen LogP contribution in [0, 0.1) is 0 Å². The normalized spacial score (nSPS) is 12.5. The summed E-state index contributed by atoms with van der Waals surface area (Å²) < 4.78 is 24.9. The zero-order valence-electron chi connectivity index (χ0n) is 17.6. The quantitative estimate of drug-likeness (QED) is 0.460. The van der Waals surface area contributed by atoms with Crippen molar-refractivity contribution in [3.8, 4) is 11.5 Å². The summed E-state index contributed by atoms with van der Waals surface area (Å²) in [5.41, 5.74) is 6.42. The number of nitrogens with two attached hydrogens (primary N) is 1. The maximum Gasteiger partial charge on any atom is 0.508 e. The molecule has 0 aliphatic heterocycles. The minimum Gasteiger partial charge on any atom is -0.461 e. The van der Waals surface area contributed by atoms with Crippen LogP contribution >= 0.6 is 0 Å². The van der Waals surface area contributed by atoms with E-state index in [0.29, 0.717) is 5.56 Å². The second-order valence-corrected chi connectivity index (χ2v) is 6.75. The Bertz CT molecular complexity index is 776. The zero-order valence-corrected chi connectivity index (χ0v) is 17.6. The molecule has 0 saturated heterocycles. The van der Waals surface area contributed by atoms with Gasteiger partial charge in [-0.2, -0.15) is 0 Å². The topological polar surface area (TPSA) is 140 Å². The van der Waals surface area contributed by atoms with Gasteiger partial charge in [0, 0.05) is 13.8 Å². The Labute approximate surface area is 174 Å². The van der Waals surface area contributed by atoms with Crippen LogP contribution in [0.5, 0.6) is 11.5 Å². The lowest BCUT2D eigenvalue weighted by Crippen LogP contribution is -2.36. The average molecular weight is 425 g/mol. The van der Waals surface area contributed by atoms with Crippen LogP contribution in [-0.2, 0) is 35.0 Å². The standard InChI is InChI=1S/C20H27NO9/c1-11(2)27-20(25)28-12(3)10-26-19(24)16(21)8-15-6-7-17(29-13(4)22)18(9-15)30-14(5)23/h6-7,9,11-12,16H,8,10,21H2,1-5H3/t12-,16-/m0/s1. The van der Waals surface area contributed by atoms with E-state index in [1.54, 1.807) is 26.8 Å². The molecule has 0 unspecified atom stereocenters. The van der Waals surface area contributed by atoms with Gasteiger partial charge in [0.15, 0.2) is 11.5 Å². The fraction of sp³-hybridized carbons (Fsp3) is 0.500. The van der Waals surface area contributed by atoms with Gasteiger partial charge < -0.3 is 29.4 Å². The van der Waals surface area contributed by atoms with Crippen molar-refractivity contribution in [2.75, 3.05) is 6.61 Å². The van der Waals surface area contributed by atoms with Crippen LogP contribution in [0.15, 0.2) is 18.2 Å². The third kappa shape index (κ3) is 9.37. The number of ether oxygens (including phenoxy) is 5. The first-order valence-electron chi connectivity index (χ1n) is 9.27. The Kier molecular flexibility index (Phi) is 9.76. The molecule has 0 spiro atoms. The van der Waals surface area contributed by atoms with Gasteiger partial charge in [0.25, 0.3) is 0 Å². The van der Waals surface area contributed by atoms with Crippen molar-refractivity contribution in [1.29, 1.82) is 0 Å². The number of hydrogen-bond donors (Lipinski definition) is 1. The lowest BCUT2D eigenvalue weighted by Gasteiger charge is -2.17. The highest BCUT2D eigenvalue weighted by molar-refractivity contribution is 5.76. The number of hydrogen-bond acceptors (Lipinski definition) is 10. The molecule has 0 aromatic heterocycles. The van der Waals surface area contributed by atoms with E-state index in [1.807, 2.05) is 0 Å². The van der Waals surface area contributed by atoms with E-state index in [4.69, 9.17) is 29.4 Å². The molecule has 0 heterocycles. The smallest absolute Gasteiger partial charge is 0.461 e. The molecule has 10 nitrogen and oxygen atoms in total. The van der Waals surface area contributed by atoms with Crippen molar-refractivity contribution in [3.05, 3.63) is 23.8 Å². The Morgan fingerprint density at radius 1 is 0.933 bits per heavy atom. The number of benzene rings is 1. The largest absolute Gasteiger partial charge is 0.508 e. The molecule has 0 fully saturated rings. The van der Waals surface area contributed by atoms with Crippen LogP contribution in [0.1, 0.15) is 40.2 Å². The highest BCUT2D eigenvalue weighted by Crippen LogP contribution is 2.29. The van der Waals surface area contributed by atoms with Gasteiger partial charge in [-0.25, -0.2) is 4.79 Å². The first kappa shape index (κ1) is 24.9. The van der Waals surface area contributed by atoms with Gasteiger partial charge in [0.05, 0.1) is 6.10 Å². The van der Waals surface area contributed by atoms with Crippen molar-refractivity contribution in [2.24, 2.45) is 5.73 Å². The summed E-state index contributed by atoms with van der Waals surface area (Å²) in [7, 11) is 0. The Hall–Kier alpha value is -3.14. The maximum atomic E-state index is 12.1. The van der Waals surface area contributed by atoms with Gasteiger partial charge in [0.2, 0.25) is 0 Å². The van der Waals surface area contributed by atoms with E-state index in [-0.39, 0.29) is 30.6 Å². The fourth-order valence-corrected chi connectivity index (χ4v) is 2.22. The molecule has 0 aliphatic carbocycles. The minimum atomic E-state index is -1.02. The Balaban J connectivity index is 2.66. The van der Waals surface area contributed by atoms with Crippen molar-refractivity contribution >= 4 is 24.1 Å². The second-order valence-electron chi connectivity index (χ2n) is 6.75. The van der Waals surface area contributed by atoms with E-state index < -0.39 is 36.2 Å². The molecule has 0 amide bonds. The monoisotopic (exact) mass is 425 g/mol. The number of carbonyl (C=O) groups excluding carboxylic acids is 4. The highest BCUT2D eigenvalue weighted by Gasteiger charge is 2.20. The number of rotatable bonds is 9. The van der Waals surface area contributed by atoms with Crippen molar-refractivity contribution in [2.45, 2.75) is 59.3 Å². The lowest BCUT2D eigenvalue weighted by molar-refractivity contribution is -0.148. The molecule has 30 heavy (non-hydrogen) atoms. The highest BCUT2D eigenvalue weighted by atomic mass is 16.7. The third-order valence-corrected chi connectivity index (χ3v) is 3.36. The molecule has 166 valence electrons. The van der Waals surface area contributed by atoms with Crippen molar-refractivity contribution in [1.82, 2.24) is 0 Å². The van der Waals surface area contributed by atoms with E-state index in [2.05, 4.69) is 0 Å². The predicted octanol–water partition coefficient (Wildman–Crippen LogP) is 1.90. The first-order chi connectivity index (χ1) is 14.0. The van der Waals surface area contributed by atoms with Crippen LogP contribution < -0.4 is 15.2 Å². The molecule has 0 bridgehead atoms. The third-order valence-electron chi connectivity index (χ3n) is 3.36. The molecule has 2 atom stereocenters. The van der Waals surface area contributed by atoms with Crippen molar-refractivity contribution in [3.63, 3.8) is 0 Å². The average Bonchev–Trinajstić information content (AvgIpc) is 2.60. The molecule has 0 aliphatic rings. The van der Waals surface area contributed by atoms with Gasteiger partial charge in [-0.15, -0.1) is 0 Å². The Morgan fingerprint density at radius 3 is 2.10 bits per heavy atom. The summed E-state index contributed by atoms with van der Waals surface area (Å²) in [5.74, 6) is -1.79. The summed E-state index contributed by atoms with van der Waals surface area (Å²) in [4.78, 5) is 46.0. The zero-order chi connectivity index (χ0) is 22.8. The van der Waals surface area contributed by atoms with E-state index >= 15 is 0 Å². The van der Waals surface area contributed by atoms with Gasteiger partial charge in [0.1, 0.15) is 18.8 Å².